The van der Waals surface area contributed by atoms with Crippen LogP contribution in [0.25, 0.3) is 10.8 Å². The SMILES string of the molecule is COC(=O)c1cc(NC(=O)c2cccc(Cl)c2)cc(C(=O)Nc2cccc3cc(SOOOc4ccccc4)ccc23)c1. The van der Waals surface area contributed by atoms with Crippen LogP contribution in [-0.2, 0) is 14.1 Å². The molecule has 0 aromatic heterocycles. The third-order valence-electron chi connectivity index (χ3n) is 6.09. The van der Waals surface area contributed by atoms with E-state index in [1.54, 1.807) is 60.7 Å². The van der Waals surface area contributed by atoms with Crippen molar-refractivity contribution in [1.82, 2.24) is 0 Å². The lowest BCUT2D eigenvalue weighted by atomic mass is 10.1. The Morgan fingerprint density at radius 2 is 1.49 bits per heavy atom. The highest BCUT2D eigenvalue weighted by atomic mass is 35.5. The van der Waals surface area contributed by atoms with Crippen LogP contribution in [0.2, 0.25) is 5.02 Å². The van der Waals surface area contributed by atoms with Crippen LogP contribution in [0.5, 0.6) is 5.75 Å². The van der Waals surface area contributed by atoms with E-state index in [4.69, 9.17) is 30.6 Å². The van der Waals surface area contributed by atoms with E-state index < -0.39 is 17.8 Å². The minimum absolute atomic E-state index is 0.0922. The first-order valence-electron chi connectivity index (χ1n) is 12.8. The normalized spacial score (nSPS) is 10.7. The minimum atomic E-state index is -0.663. The number of hydrogen-bond donors (Lipinski definition) is 2. The fraction of sp³-hybridized carbons (Fsp3) is 0.0312. The highest BCUT2D eigenvalue weighted by Crippen LogP contribution is 2.30. The molecule has 0 spiro atoms. The Morgan fingerprint density at radius 1 is 0.721 bits per heavy atom. The molecule has 5 aromatic rings. The Balaban J connectivity index is 1.31. The summed E-state index contributed by atoms with van der Waals surface area (Å²) in [5, 5.41) is 12.4. The summed E-state index contributed by atoms with van der Waals surface area (Å²) in [5.41, 5.74) is 1.32. The van der Waals surface area contributed by atoms with Crippen LogP contribution in [0.3, 0.4) is 0 Å². The first-order chi connectivity index (χ1) is 20.9. The fourth-order valence-electron chi connectivity index (χ4n) is 4.10. The van der Waals surface area contributed by atoms with Crippen molar-refractivity contribution in [3.63, 3.8) is 0 Å². The molecule has 0 aliphatic carbocycles. The first-order valence-corrected chi connectivity index (χ1v) is 13.9. The number of methoxy groups -OCH3 is 1. The number of para-hydroxylation sites is 1. The van der Waals surface area contributed by atoms with Gasteiger partial charge in [-0.25, -0.2) is 4.79 Å². The molecule has 0 unspecified atom stereocenters. The predicted octanol–water partition coefficient (Wildman–Crippen LogP) is 7.73. The molecule has 0 aliphatic rings. The van der Waals surface area contributed by atoms with Crippen molar-refractivity contribution in [1.29, 1.82) is 0 Å². The van der Waals surface area contributed by atoms with Gasteiger partial charge in [-0.05, 0) is 77.2 Å². The molecule has 0 fully saturated rings. The Hall–Kier alpha value is -4.87. The number of carbonyl (C=O) groups excluding carboxylic acids is 3. The highest BCUT2D eigenvalue weighted by Gasteiger charge is 2.17. The number of rotatable bonds is 10. The molecular formula is C32H23ClN2O7S. The highest BCUT2D eigenvalue weighted by molar-refractivity contribution is 7.94. The van der Waals surface area contributed by atoms with Crippen molar-refractivity contribution < 1.29 is 33.4 Å². The number of amides is 2. The number of esters is 1. The summed E-state index contributed by atoms with van der Waals surface area (Å²) < 4.78 is 9.93. The minimum Gasteiger partial charge on any atom is -0.465 e. The van der Waals surface area contributed by atoms with Gasteiger partial charge in [-0.2, -0.15) is 0 Å². The Morgan fingerprint density at radius 3 is 2.28 bits per heavy atom. The van der Waals surface area contributed by atoms with Gasteiger partial charge in [0.05, 0.1) is 24.7 Å². The molecule has 0 heterocycles. The van der Waals surface area contributed by atoms with Gasteiger partial charge in [-0.15, -0.1) is 4.33 Å². The number of fused-ring (bicyclic) bond motifs is 1. The molecule has 2 amide bonds. The van der Waals surface area contributed by atoms with Crippen molar-refractivity contribution in [3.8, 4) is 5.75 Å². The Labute approximate surface area is 255 Å². The molecule has 0 saturated carbocycles. The molecule has 2 N–H and O–H groups in total. The number of halogens is 1. The average Bonchev–Trinajstić information content (AvgIpc) is 3.03. The van der Waals surface area contributed by atoms with Crippen LogP contribution in [0.4, 0.5) is 11.4 Å². The standard InChI is InChI=1S/C32H23ClN2O7S/c1-39-32(38)23-15-22(17-25(18-23)34-30(36)21-8-5-9-24(33)16-21)31(37)35-29-12-6-7-20-19-27(13-14-28(20)29)43-42-41-40-26-10-3-2-4-11-26/h2-19H,1H3,(H,34,36)(H,35,37). The molecule has 216 valence electrons. The molecule has 43 heavy (non-hydrogen) atoms. The van der Waals surface area contributed by atoms with Gasteiger partial charge in [-0.1, -0.05) is 54.1 Å². The molecule has 9 nitrogen and oxygen atoms in total. The zero-order chi connectivity index (χ0) is 30.2. The lowest BCUT2D eigenvalue weighted by molar-refractivity contribution is -0.403. The summed E-state index contributed by atoms with van der Waals surface area (Å²) in [5.74, 6) is -1.12. The Bertz CT molecular complexity index is 1800. The lowest BCUT2D eigenvalue weighted by Crippen LogP contribution is -2.16. The van der Waals surface area contributed by atoms with Crippen LogP contribution in [-0.4, -0.2) is 24.9 Å². The second-order valence-electron chi connectivity index (χ2n) is 9.01. The maximum atomic E-state index is 13.4. The number of ether oxygens (including phenoxy) is 1. The van der Waals surface area contributed by atoms with Crippen molar-refractivity contribution in [2.24, 2.45) is 0 Å². The smallest absolute Gasteiger partial charge is 0.337 e. The van der Waals surface area contributed by atoms with Crippen LogP contribution >= 0.6 is 23.6 Å². The van der Waals surface area contributed by atoms with E-state index in [1.165, 1.54) is 31.4 Å². The number of carbonyl (C=O) groups is 3. The third kappa shape index (κ3) is 7.70. The summed E-state index contributed by atoms with van der Waals surface area (Å²) in [4.78, 5) is 44.3. The summed E-state index contributed by atoms with van der Waals surface area (Å²) >= 11 is 6.97. The van der Waals surface area contributed by atoms with Crippen molar-refractivity contribution in [2.45, 2.75) is 4.90 Å². The molecule has 0 radical (unpaired) electrons. The molecule has 0 bridgehead atoms. The van der Waals surface area contributed by atoms with E-state index in [2.05, 4.69) is 10.6 Å². The van der Waals surface area contributed by atoms with Crippen molar-refractivity contribution in [2.75, 3.05) is 17.7 Å². The van der Waals surface area contributed by atoms with Gasteiger partial charge in [0.2, 0.25) is 0 Å². The molecule has 5 aromatic carbocycles. The molecule has 0 aliphatic heterocycles. The summed E-state index contributed by atoms with van der Waals surface area (Å²) in [7, 11) is 1.23. The van der Waals surface area contributed by atoms with E-state index in [-0.39, 0.29) is 16.8 Å². The number of nitrogens with one attached hydrogen (secondary N) is 2. The molecule has 11 heteroatoms. The summed E-state index contributed by atoms with van der Waals surface area (Å²) in [6.45, 7) is 0. The topological polar surface area (TPSA) is 112 Å². The van der Waals surface area contributed by atoms with Crippen molar-refractivity contribution in [3.05, 3.63) is 131 Å². The first kappa shape index (κ1) is 29.6. The quantitative estimate of drug-likeness (QED) is 0.0540. The average molecular weight is 615 g/mol. The molecule has 0 atom stereocenters. The zero-order valence-electron chi connectivity index (χ0n) is 22.5. The zero-order valence-corrected chi connectivity index (χ0v) is 24.1. The maximum Gasteiger partial charge on any atom is 0.337 e. The summed E-state index contributed by atoms with van der Waals surface area (Å²) in [6.07, 6.45) is 0. The Kier molecular flexibility index (Phi) is 9.55. The maximum absolute atomic E-state index is 13.4. The molecular weight excluding hydrogens is 592 g/mol. The fourth-order valence-corrected chi connectivity index (χ4v) is 4.72. The number of benzene rings is 5. The van der Waals surface area contributed by atoms with E-state index in [0.717, 1.165) is 27.7 Å². The lowest BCUT2D eigenvalue weighted by Gasteiger charge is -2.13. The van der Waals surface area contributed by atoms with E-state index >= 15 is 0 Å². The van der Waals surface area contributed by atoms with Gasteiger partial charge >= 0.3 is 5.97 Å². The molecule has 5 rings (SSSR count). The van der Waals surface area contributed by atoms with Crippen LogP contribution in [0, 0.1) is 0 Å². The predicted molar refractivity (Wildman–Crippen MR) is 164 cm³/mol. The molecule has 0 saturated heterocycles. The van der Waals surface area contributed by atoms with Crippen LogP contribution in [0.1, 0.15) is 31.1 Å². The third-order valence-corrected chi connectivity index (χ3v) is 6.90. The van der Waals surface area contributed by atoms with Gasteiger partial charge in [0.1, 0.15) is 0 Å². The van der Waals surface area contributed by atoms with E-state index in [0.29, 0.717) is 22.0 Å². The second-order valence-corrected chi connectivity index (χ2v) is 10.2. The van der Waals surface area contributed by atoms with Gasteiger partial charge < -0.3 is 20.3 Å². The summed E-state index contributed by atoms with van der Waals surface area (Å²) in [6, 6.07) is 30.6. The second kappa shape index (κ2) is 13.9. The van der Waals surface area contributed by atoms with Gasteiger partial charge in [-0.3, -0.25) is 9.59 Å². The van der Waals surface area contributed by atoms with E-state index in [1.807, 2.05) is 24.3 Å². The van der Waals surface area contributed by atoms with Gasteiger partial charge in [0.15, 0.2) is 5.75 Å². The van der Waals surface area contributed by atoms with Crippen LogP contribution < -0.4 is 15.5 Å². The number of anilines is 2. The largest absolute Gasteiger partial charge is 0.465 e. The van der Waals surface area contributed by atoms with Crippen LogP contribution in [0.15, 0.2) is 114 Å². The monoisotopic (exact) mass is 614 g/mol. The van der Waals surface area contributed by atoms with Gasteiger partial charge in [0, 0.05) is 37.8 Å². The number of hydrogen-bond acceptors (Lipinski definition) is 8. The van der Waals surface area contributed by atoms with E-state index in [9.17, 15) is 14.4 Å². The van der Waals surface area contributed by atoms with Crippen molar-refractivity contribution >= 4 is 63.6 Å². The van der Waals surface area contributed by atoms with Gasteiger partial charge in [0.25, 0.3) is 11.8 Å².